The summed E-state index contributed by atoms with van der Waals surface area (Å²) in [7, 11) is 1.56. The molecule has 3 aromatic rings. The van der Waals surface area contributed by atoms with Crippen molar-refractivity contribution in [2.24, 2.45) is 0 Å². The topological polar surface area (TPSA) is 18.5 Å². The smallest absolute Gasteiger partial charge is 0.449 e. The maximum absolute atomic E-state index is 13.3. The highest BCUT2D eigenvalue weighted by atomic mass is 19.4. The molecule has 0 amide bonds. The molecule has 0 aliphatic carbocycles. The molecule has 26 heavy (non-hydrogen) atoms. The van der Waals surface area contributed by atoms with Crippen LogP contribution in [-0.4, -0.2) is 13.3 Å². The van der Waals surface area contributed by atoms with Gasteiger partial charge in [-0.3, -0.25) is 0 Å². The summed E-state index contributed by atoms with van der Waals surface area (Å²) in [6.07, 6.45) is -3.40. The minimum absolute atomic E-state index is 0.217. The number of alkyl halides is 3. The van der Waals surface area contributed by atoms with Gasteiger partial charge < -0.3 is 9.47 Å². The normalized spacial score (nSPS) is 16.6. The van der Waals surface area contributed by atoms with Crippen LogP contribution in [0.5, 0.6) is 11.5 Å². The van der Waals surface area contributed by atoms with Crippen LogP contribution in [0.15, 0.2) is 72.5 Å². The van der Waals surface area contributed by atoms with Crippen molar-refractivity contribution in [2.75, 3.05) is 7.11 Å². The first-order valence-electron chi connectivity index (χ1n) is 8.10. The lowest BCUT2D eigenvalue weighted by molar-refractivity contribution is -0.117. The monoisotopic (exact) mass is 356 g/mol. The first-order valence-corrected chi connectivity index (χ1v) is 8.10. The van der Waals surface area contributed by atoms with Gasteiger partial charge in [0.1, 0.15) is 11.5 Å². The van der Waals surface area contributed by atoms with Crippen LogP contribution >= 0.6 is 0 Å². The minimum Gasteiger partial charge on any atom is -0.497 e. The molecule has 0 saturated heterocycles. The predicted molar refractivity (Wildman–Crippen MR) is 93.6 cm³/mol. The van der Waals surface area contributed by atoms with Gasteiger partial charge in [0.2, 0.25) is 5.76 Å². The molecule has 1 atom stereocenters. The van der Waals surface area contributed by atoms with Gasteiger partial charge in [-0.15, -0.1) is 0 Å². The van der Waals surface area contributed by atoms with E-state index in [1.807, 2.05) is 48.5 Å². The molecule has 0 spiro atoms. The van der Waals surface area contributed by atoms with Crippen LogP contribution in [0.1, 0.15) is 17.0 Å². The standard InChI is InChI=1S/C21H15F3O2/c1-25-15-9-7-14-8-10-18-20(16(14)11-15)17(13-5-3-2-4-6-13)12-19(26-18)21(22,23)24/h2-12,17H,1H3. The summed E-state index contributed by atoms with van der Waals surface area (Å²) in [5.74, 6) is -0.689. The van der Waals surface area contributed by atoms with Gasteiger partial charge in [-0.05, 0) is 40.6 Å². The number of rotatable bonds is 2. The molecule has 0 N–H and O–H groups in total. The van der Waals surface area contributed by atoms with E-state index in [2.05, 4.69) is 0 Å². The Hall–Kier alpha value is -2.95. The van der Waals surface area contributed by atoms with E-state index >= 15 is 0 Å². The number of hydrogen-bond donors (Lipinski definition) is 0. The lowest BCUT2D eigenvalue weighted by Crippen LogP contribution is -2.22. The van der Waals surface area contributed by atoms with Crippen molar-refractivity contribution in [3.63, 3.8) is 0 Å². The maximum Gasteiger partial charge on any atom is 0.449 e. The molecule has 132 valence electrons. The van der Waals surface area contributed by atoms with Gasteiger partial charge in [0, 0.05) is 11.5 Å². The van der Waals surface area contributed by atoms with Crippen molar-refractivity contribution in [3.8, 4) is 11.5 Å². The van der Waals surface area contributed by atoms with Crippen molar-refractivity contribution < 1.29 is 22.6 Å². The average Bonchev–Trinajstić information content (AvgIpc) is 2.66. The maximum atomic E-state index is 13.3. The number of benzene rings is 3. The number of methoxy groups -OCH3 is 1. The summed E-state index contributed by atoms with van der Waals surface area (Å²) in [6.45, 7) is 0. The third-order valence-corrected chi connectivity index (χ3v) is 4.52. The molecular formula is C21H15F3O2. The van der Waals surface area contributed by atoms with Crippen molar-refractivity contribution in [3.05, 3.63) is 83.6 Å². The Morgan fingerprint density at radius 2 is 1.69 bits per heavy atom. The number of halogens is 3. The van der Waals surface area contributed by atoms with E-state index in [4.69, 9.17) is 9.47 Å². The Morgan fingerprint density at radius 1 is 0.962 bits per heavy atom. The van der Waals surface area contributed by atoms with Crippen LogP contribution in [0.3, 0.4) is 0 Å². The summed E-state index contributed by atoms with van der Waals surface area (Å²) in [4.78, 5) is 0. The van der Waals surface area contributed by atoms with Crippen LogP contribution in [0.2, 0.25) is 0 Å². The van der Waals surface area contributed by atoms with Gasteiger partial charge in [0.15, 0.2) is 0 Å². The minimum atomic E-state index is -4.55. The SMILES string of the molecule is COc1ccc2ccc3c(c2c1)C(c1ccccc1)C=C(C(F)(F)F)O3. The molecule has 0 aromatic heterocycles. The molecule has 0 radical (unpaired) electrons. The summed E-state index contributed by atoms with van der Waals surface area (Å²) in [5.41, 5.74) is 1.48. The molecule has 1 aliphatic heterocycles. The highest BCUT2D eigenvalue weighted by Gasteiger charge is 2.40. The van der Waals surface area contributed by atoms with E-state index in [-0.39, 0.29) is 5.75 Å². The van der Waals surface area contributed by atoms with Gasteiger partial charge in [-0.1, -0.05) is 42.5 Å². The second-order valence-corrected chi connectivity index (χ2v) is 6.08. The number of hydrogen-bond acceptors (Lipinski definition) is 2. The third-order valence-electron chi connectivity index (χ3n) is 4.52. The molecule has 5 heteroatoms. The second kappa shape index (κ2) is 6.09. The Labute approximate surface area is 148 Å². The molecule has 1 unspecified atom stereocenters. The number of allylic oxidation sites excluding steroid dienone is 2. The zero-order valence-corrected chi connectivity index (χ0v) is 13.9. The first kappa shape index (κ1) is 16.5. The Balaban J connectivity index is 2.00. The fourth-order valence-corrected chi connectivity index (χ4v) is 3.30. The van der Waals surface area contributed by atoms with E-state index in [1.165, 1.54) is 0 Å². The highest BCUT2D eigenvalue weighted by Crippen LogP contribution is 2.46. The van der Waals surface area contributed by atoms with Crippen molar-refractivity contribution in [1.82, 2.24) is 0 Å². The summed E-state index contributed by atoms with van der Waals surface area (Å²) < 4.78 is 50.5. The molecule has 0 bridgehead atoms. The van der Waals surface area contributed by atoms with Crippen LogP contribution in [0.4, 0.5) is 13.2 Å². The fraction of sp³-hybridized carbons (Fsp3) is 0.143. The van der Waals surface area contributed by atoms with Gasteiger partial charge >= 0.3 is 6.18 Å². The first-order chi connectivity index (χ1) is 12.5. The summed E-state index contributed by atoms with van der Waals surface area (Å²) in [6, 6.07) is 18.0. The van der Waals surface area contributed by atoms with E-state index in [1.54, 1.807) is 19.2 Å². The number of fused-ring (bicyclic) bond motifs is 3. The second-order valence-electron chi connectivity index (χ2n) is 6.08. The lowest BCUT2D eigenvalue weighted by Gasteiger charge is -2.27. The summed E-state index contributed by atoms with van der Waals surface area (Å²) in [5, 5.41) is 1.73. The largest absolute Gasteiger partial charge is 0.497 e. The molecule has 0 fully saturated rings. The third kappa shape index (κ3) is 2.79. The summed E-state index contributed by atoms with van der Waals surface area (Å²) >= 11 is 0. The molecule has 1 aliphatic rings. The van der Waals surface area contributed by atoms with Gasteiger partial charge in [-0.25, -0.2) is 0 Å². The van der Waals surface area contributed by atoms with Crippen LogP contribution in [-0.2, 0) is 0 Å². The van der Waals surface area contributed by atoms with Gasteiger partial charge in [0.25, 0.3) is 0 Å². The van der Waals surface area contributed by atoms with E-state index < -0.39 is 17.9 Å². The van der Waals surface area contributed by atoms with E-state index in [0.717, 1.165) is 22.4 Å². The molecule has 1 heterocycles. The molecular weight excluding hydrogens is 341 g/mol. The molecule has 4 rings (SSSR count). The Kier molecular flexibility index (Phi) is 3.87. The Bertz CT molecular complexity index is 991. The average molecular weight is 356 g/mol. The lowest BCUT2D eigenvalue weighted by atomic mass is 9.85. The molecule has 3 aromatic carbocycles. The van der Waals surface area contributed by atoms with Crippen molar-refractivity contribution >= 4 is 10.8 Å². The van der Waals surface area contributed by atoms with Crippen molar-refractivity contribution in [2.45, 2.75) is 12.1 Å². The van der Waals surface area contributed by atoms with E-state index in [0.29, 0.717) is 11.3 Å². The van der Waals surface area contributed by atoms with Crippen LogP contribution in [0.25, 0.3) is 10.8 Å². The van der Waals surface area contributed by atoms with E-state index in [9.17, 15) is 13.2 Å². The highest BCUT2D eigenvalue weighted by molar-refractivity contribution is 5.90. The molecule has 2 nitrogen and oxygen atoms in total. The quantitative estimate of drug-likeness (QED) is 0.576. The van der Waals surface area contributed by atoms with Crippen LogP contribution in [0, 0.1) is 0 Å². The zero-order valence-electron chi connectivity index (χ0n) is 13.9. The molecule has 0 saturated carbocycles. The van der Waals surface area contributed by atoms with Crippen LogP contribution < -0.4 is 9.47 Å². The van der Waals surface area contributed by atoms with Crippen molar-refractivity contribution in [1.29, 1.82) is 0 Å². The fourth-order valence-electron chi connectivity index (χ4n) is 3.30. The predicted octanol–water partition coefficient (Wildman–Crippen LogP) is 5.82. The zero-order chi connectivity index (χ0) is 18.3. The Morgan fingerprint density at radius 3 is 2.38 bits per heavy atom. The number of ether oxygens (including phenoxy) is 2. The van der Waals surface area contributed by atoms with Gasteiger partial charge in [-0.2, -0.15) is 13.2 Å². The van der Waals surface area contributed by atoms with Gasteiger partial charge in [0.05, 0.1) is 7.11 Å².